The van der Waals surface area contributed by atoms with Gasteiger partial charge < -0.3 is 15.7 Å². The molecule has 0 atom stereocenters. The van der Waals surface area contributed by atoms with E-state index < -0.39 is 0 Å². The van der Waals surface area contributed by atoms with Crippen molar-refractivity contribution in [2.45, 2.75) is 39.9 Å². The Morgan fingerprint density at radius 3 is 0.778 bits per heavy atom. The van der Waals surface area contributed by atoms with Crippen molar-refractivity contribution in [2.24, 2.45) is 0 Å². The van der Waals surface area contributed by atoms with Gasteiger partial charge in [0.15, 0.2) is 0 Å². The molecule has 0 aromatic carbocycles. The lowest BCUT2D eigenvalue weighted by atomic mass is 10.5. The van der Waals surface area contributed by atoms with Crippen LogP contribution < -0.4 is 0 Å². The molecule has 3 heteroatoms. The fourth-order valence-corrected chi connectivity index (χ4v) is 0. The molecule has 0 aliphatic carbocycles. The molecule has 9 heavy (non-hydrogen) atoms. The standard InChI is InChI=1S/2C3H8O.H2O/c2*1-3(2)4;/h2*3-4H,1-2H3;1H2. The van der Waals surface area contributed by atoms with E-state index in [0.717, 1.165) is 0 Å². The highest BCUT2D eigenvalue weighted by Crippen LogP contribution is 1.65. The van der Waals surface area contributed by atoms with Crippen LogP contribution in [0.25, 0.3) is 0 Å². The lowest BCUT2D eigenvalue weighted by Gasteiger charge is -1.80. The van der Waals surface area contributed by atoms with Gasteiger partial charge in [-0.3, -0.25) is 0 Å². The van der Waals surface area contributed by atoms with Gasteiger partial charge in [0.05, 0.1) is 0 Å². The van der Waals surface area contributed by atoms with Crippen molar-refractivity contribution < 1.29 is 15.7 Å². The monoisotopic (exact) mass is 138 g/mol. The highest BCUT2D eigenvalue weighted by atomic mass is 16.3. The molecule has 0 saturated carbocycles. The van der Waals surface area contributed by atoms with Crippen LogP contribution >= 0.6 is 0 Å². The molecule has 3 nitrogen and oxygen atoms in total. The lowest BCUT2D eigenvalue weighted by molar-refractivity contribution is 0.215. The molecule has 0 heterocycles. The molecule has 0 fully saturated rings. The van der Waals surface area contributed by atoms with E-state index in [4.69, 9.17) is 10.2 Å². The zero-order valence-corrected chi connectivity index (χ0v) is 6.55. The van der Waals surface area contributed by atoms with Gasteiger partial charge in [0, 0.05) is 12.2 Å². The first-order valence-electron chi connectivity index (χ1n) is 2.83. The molecule has 0 aromatic rings. The summed E-state index contributed by atoms with van der Waals surface area (Å²) < 4.78 is 0. The Bertz CT molecular complexity index is 23.8. The van der Waals surface area contributed by atoms with Crippen molar-refractivity contribution in [2.75, 3.05) is 0 Å². The van der Waals surface area contributed by atoms with Gasteiger partial charge in [-0.25, -0.2) is 0 Å². The molecular formula is C6H18O3. The van der Waals surface area contributed by atoms with E-state index in [0.29, 0.717) is 0 Å². The summed E-state index contributed by atoms with van der Waals surface area (Å²) in [6.07, 6.45) is -0.333. The van der Waals surface area contributed by atoms with Crippen LogP contribution in [-0.2, 0) is 0 Å². The maximum absolute atomic E-state index is 8.06. The predicted octanol–water partition coefficient (Wildman–Crippen LogP) is -0.0505. The van der Waals surface area contributed by atoms with Crippen LogP contribution in [0.2, 0.25) is 0 Å². The number of aliphatic hydroxyl groups is 2. The molecule has 0 amide bonds. The zero-order chi connectivity index (χ0) is 7.15. The van der Waals surface area contributed by atoms with Crippen molar-refractivity contribution in [1.29, 1.82) is 0 Å². The van der Waals surface area contributed by atoms with Crippen LogP contribution in [-0.4, -0.2) is 27.9 Å². The van der Waals surface area contributed by atoms with Gasteiger partial charge in [-0.05, 0) is 27.7 Å². The third-order valence-electron chi connectivity index (χ3n) is 0. The smallest absolute Gasteiger partial charge is 0.0483 e. The Labute approximate surface area is 56.6 Å². The minimum Gasteiger partial charge on any atom is -0.412 e. The van der Waals surface area contributed by atoms with E-state index in [2.05, 4.69) is 0 Å². The van der Waals surface area contributed by atoms with E-state index in [9.17, 15) is 0 Å². The van der Waals surface area contributed by atoms with Crippen molar-refractivity contribution in [3.8, 4) is 0 Å². The number of aliphatic hydroxyl groups excluding tert-OH is 2. The summed E-state index contributed by atoms with van der Waals surface area (Å²) in [5.74, 6) is 0. The number of hydrogen-bond donors (Lipinski definition) is 2. The summed E-state index contributed by atoms with van der Waals surface area (Å²) in [6, 6.07) is 0. The molecule has 4 N–H and O–H groups in total. The van der Waals surface area contributed by atoms with E-state index in [1.165, 1.54) is 0 Å². The van der Waals surface area contributed by atoms with Crippen molar-refractivity contribution in [3.63, 3.8) is 0 Å². The van der Waals surface area contributed by atoms with E-state index in [1.54, 1.807) is 27.7 Å². The van der Waals surface area contributed by atoms with Crippen molar-refractivity contribution in [1.82, 2.24) is 0 Å². The Morgan fingerprint density at radius 2 is 0.778 bits per heavy atom. The first kappa shape index (κ1) is 15.9. The maximum atomic E-state index is 8.06. The second-order valence-electron chi connectivity index (χ2n) is 2.19. The normalized spacial score (nSPS) is 8.00. The zero-order valence-electron chi connectivity index (χ0n) is 6.55. The van der Waals surface area contributed by atoms with Gasteiger partial charge >= 0.3 is 0 Å². The first-order chi connectivity index (χ1) is 3.46. The molecule has 0 bridgehead atoms. The van der Waals surface area contributed by atoms with E-state index >= 15 is 0 Å². The average Bonchev–Trinajstić information content (AvgIpc) is 1.25. The van der Waals surface area contributed by atoms with Gasteiger partial charge in [-0.1, -0.05) is 0 Å². The largest absolute Gasteiger partial charge is 0.412 e. The minimum atomic E-state index is -0.167. The fraction of sp³-hybridized carbons (Fsp3) is 1.00. The maximum Gasteiger partial charge on any atom is 0.0483 e. The van der Waals surface area contributed by atoms with Gasteiger partial charge in [0.25, 0.3) is 0 Å². The SMILES string of the molecule is CC(C)O.CC(C)O.O. The molecule has 0 rings (SSSR count). The molecule has 0 aliphatic rings. The number of hydrogen-bond acceptors (Lipinski definition) is 2. The van der Waals surface area contributed by atoms with Gasteiger partial charge in [0.1, 0.15) is 0 Å². The van der Waals surface area contributed by atoms with Crippen LogP contribution in [0.15, 0.2) is 0 Å². The highest BCUT2D eigenvalue weighted by molar-refractivity contribution is 4.21. The number of rotatable bonds is 0. The molecule has 0 aliphatic heterocycles. The van der Waals surface area contributed by atoms with Crippen LogP contribution in [0.5, 0.6) is 0 Å². The molecule has 0 aromatic heterocycles. The second-order valence-corrected chi connectivity index (χ2v) is 2.19. The van der Waals surface area contributed by atoms with E-state index in [1.807, 2.05) is 0 Å². The first-order valence-corrected chi connectivity index (χ1v) is 2.83. The predicted molar refractivity (Wildman–Crippen MR) is 38.3 cm³/mol. The molecule has 60 valence electrons. The van der Waals surface area contributed by atoms with Crippen molar-refractivity contribution >= 4 is 0 Å². The average molecular weight is 138 g/mol. The van der Waals surface area contributed by atoms with Crippen molar-refractivity contribution in [3.05, 3.63) is 0 Å². The molecule has 0 spiro atoms. The summed E-state index contributed by atoms with van der Waals surface area (Å²) in [6.45, 7) is 6.89. The Morgan fingerprint density at radius 1 is 0.778 bits per heavy atom. The summed E-state index contributed by atoms with van der Waals surface area (Å²) in [5, 5.41) is 16.1. The lowest BCUT2D eigenvalue weighted by Crippen LogP contribution is -1.85. The molecule has 0 unspecified atom stereocenters. The quantitative estimate of drug-likeness (QED) is 0.492. The third-order valence-corrected chi connectivity index (χ3v) is 0. The van der Waals surface area contributed by atoms with Gasteiger partial charge in [0.2, 0.25) is 0 Å². The molecule has 0 radical (unpaired) electrons. The molecule has 0 saturated heterocycles. The summed E-state index contributed by atoms with van der Waals surface area (Å²) in [7, 11) is 0. The summed E-state index contributed by atoms with van der Waals surface area (Å²) in [4.78, 5) is 0. The Hall–Kier alpha value is -0.120. The topological polar surface area (TPSA) is 72.0 Å². The third kappa shape index (κ3) is 18900. The summed E-state index contributed by atoms with van der Waals surface area (Å²) >= 11 is 0. The van der Waals surface area contributed by atoms with E-state index in [-0.39, 0.29) is 17.7 Å². The Kier molecular flexibility index (Phi) is 19.1. The minimum absolute atomic E-state index is 0. The van der Waals surface area contributed by atoms with Crippen LogP contribution in [0.3, 0.4) is 0 Å². The summed E-state index contributed by atoms with van der Waals surface area (Å²) in [5.41, 5.74) is 0. The second kappa shape index (κ2) is 10.8. The van der Waals surface area contributed by atoms with Crippen LogP contribution in [0.4, 0.5) is 0 Å². The van der Waals surface area contributed by atoms with Gasteiger partial charge in [-0.15, -0.1) is 0 Å². The van der Waals surface area contributed by atoms with Crippen LogP contribution in [0.1, 0.15) is 27.7 Å². The fourth-order valence-electron chi connectivity index (χ4n) is 0. The van der Waals surface area contributed by atoms with Gasteiger partial charge in [-0.2, -0.15) is 0 Å². The Balaban J connectivity index is -0.0000000720. The van der Waals surface area contributed by atoms with Crippen LogP contribution in [0, 0.1) is 0 Å². The highest BCUT2D eigenvalue weighted by Gasteiger charge is 1.69. The molecular weight excluding hydrogens is 120 g/mol.